The van der Waals surface area contributed by atoms with Crippen LogP contribution in [0.5, 0.6) is 0 Å². The molecule has 0 N–H and O–H groups in total. The van der Waals surface area contributed by atoms with Gasteiger partial charge in [0.15, 0.2) is 5.65 Å². The lowest BCUT2D eigenvalue weighted by molar-refractivity contribution is -0.142. The Labute approximate surface area is 161 Å². The van der Waals surface area contributed by atoms with Crippen LogP contribution in [0.15, 0.2) is 36.7 Å². The van der Waals surface area contributed by atoms with Crippen LogP contribution in [0, 0.1) is 0 Å². The lowest BCUT2D eigenvalue weighted by Gasteiger charge is -2.22. The number of nitrogens with zero attached hydrogens (tertiary/aromatic N) is 5. The first-order chi connectivity index (χ1) is 13.3. The van der Waals surface area contributed by atoms with Gasteiger partial charge in [-0.05, 0) is 49.1 Å². The monoisotopic (exact) mass is 389 g/mol. The van der Waals surface area contributed by atoms with Gasteiger partial charge in [0.2, 0.25) is 0 Å². The molecule has 0 aromatic carbocycles. The number of hydrogen-bond donors (Lipinski definition) is 0. The molecule has 28 heavy (non-hydrogen) atoms. The smallest absolute Gasteiger partial charge is 0.290 e. The van der Waals surface area contributed by atoms with Crippen molar-refractivity contribution in [2.45, 2.75) is 51.4 Å². The number of aromatic nitrogens is 4. The van der Waals surface area contributed by atoms with E-state index >= 15 is 0 Å². The summed E-state index contributed by atoms with van der Waals surface area (Å²) in [5, 5.41) is 4.33. The van der Waals surface area contributed by atoms with Crippen LogP contribution in [0.25, 0.3) is 5.65 Å². The second kappa shape index (κ2) is 7.16. The molecule has 148 valence electrons. The van der Waals surface area contributed by atoms with Gasteiger partial charge >= 0.3 is 6.18 Å². The fraction of sp³-hybridized carbons (Fsp3) is 0.450. The van der Waals surface area contributed by atoms with Gasteiger partial charge in [0.05, 0.1) is 11.7 Å². The SMILES string of the molecule is CC(C)c1cc(C(F)(F)F)n2nc(C3CCCN3Cc3ccncc3)cc2n1. The van der Waals surface area contributed by atoms with Crippen molar-refractivity contribution in [3.8, 4) is 0 Å². The molecule has 8 heteroatoms. The summed E-state index contributed by atoms with van der Waals surface area (Å²) < 4.78 is 41.8. The topological polar surface area (TPSA) is 46.3 Å². The van der Waals surface area contributed by atoms with Gasteiger partial charge in [-0.3, -0.25) is 9.88 Å². The van der Waals surface area contributed by atoms with Crippen molar-refractivity contribution in [1.82, 2.24) is 24.5 Å². The van der Waals surface area contributed by atoms with E-state index in [4.69, 9.17) is 0 Å². The molecule has 1 saturated heterocycles. The molecule has 3 aromatic heterocycles. The van der Waals surface area contributed by atoms with Crippen molar-refractivity contribution < 1.29 is 13.2 Å². The van der Waals surface area contributed by atoms with Crippen molar-refractivity contribution in [1.29, 1.82) is 0 Å². The Balaban J connectivity index is 1.72. The maximum Gasteiger partial charge on any atom is 0.433 e. The van der Waals surface area contributed by atoms with E-state index in [1.807, 2.05) is 26.0 Å². The van der Waals surface area contributed by atoms with E-state index < -0.39 is 11.9 Å². The highest BCUT2D eigenvalue weighted by Crippen LogP contribution is 2.35. The quantitative estimate of drug-likeness (QED) is 0.654. The Morgan fingerprint density at radius 3 is 2.61 bits per heavy atom. The molecule has 1 fully saturated rings. The van der Waals surface area contributed by atoms with Crippen molar-refractivity contribution >= 4 is 5.65 Å². The number of fused-ring (bicyclic) bond motifs is 1. The average molecular weight is 389 g/mol. The minimum absolute atomic E-state index is 0.0153. The third kappa shape index (κ3) is 3.61. The predicted molar refractivity (Wildman–Crippen MR) is 98.7 cm³/mol. The summed E-state index contributed by atoms with van der Waals surface area (Å²) in [5.41, 5.74) is 1.68. The molecule has 0 amide bonds. The summed E-state index contributed by atoms with van der Waals surface area (Å²) in [6, 6.07) is 6.71. The largest absolute Gasteiger partial charge is 0.433 e. The fourth-order valence-electron chi connectivity index (χ4n) is 3.75. The molecule has 0 saturated carbocycles. The highest BCUT2D eigenvalue weighted by Gasteiger charge is 2.36. The van der Waals surface area contributed by atoms with Crippen LogP contribution in [-0.4, -0.2) is 31.0 Å². The molecule has 1 aliphatic heterocycles. The van der Waals surface area contributed by atoms with Crippen LogP contribution in [0.3, 0.4) is 0 Å². The van der Waals surface area contributed by atoms with Crippen LogP contribution >= 0.6 is 0 Å². The molecule has 4 rings (SSSR count). The molecule has 4 heterocycles. The first-order valence-electron chi connectivity index (χ1n) is 9.43. The third-order valence-corrected chi connectivity index (χ3v) is 5.19. The zero-order valence-electron chi connectivity index (χ0n) is 15.8. The van der Waals surface area contributed by atoms with Gasteiger partial charge < -0.3 is 0 Å². The number of likely N-dealkylation sites (tertiary alicyclic amines) is 1. The number of hydrogen-bond acceptors (Lipinski definition) is 4. The Morgan fingerprint density at radius 1 is 1.18 bits per heavy atom. The molecule has 0 bridgehead atoms. The Hall–Kier alpha value is -2.48. The second-order valence-electron chi connectivity index (χ2n) is 7.54. The minimum atomic E-state index is -4.49. The highest BCUT2D eigenvalue weighted by molar-refractivity contribution is 5.44. The summed E-state index contributed by atoms with van der Waals surface area (Å²) in [7, 11) is 0. The zero-order chi connectivity index (χ0) is 19.9. The third-order valence-electron chi connectivity index (χ3n) is 5.19. The van der Waals surface area contributed by atoms with E-state index in [2.05, 4.69) is 20.0 Å². The van der Waals surface area contributed by atoms with Gasteiger partial charge in [0.25, 0.3) is 0 Å². The second-order valence-corrected chi connectivity index (χ2v) is 7.54. The Bertz CT molecular complexity index is 965. The van der Waals surface area contributed by atoms with Gasteiger partial charge in [-0.1, -0.05) is 13.8 Å². The highest BCUT2D eigenvalue weighted by atomic mass is 19.4. The standard InChI is InChI=1S/C20H22F3N5/c1-13(2)15-10-18(20(21,22)23)28-19(25-15)11-16(26-28)17-4-3-9-27(17)12-14-5-7-24-8-6-14/h5-8,10-11,13,17H,3-4,9,12H2,1-2H3. The summed E-state index contributed by atoms with van der Waals surface area (Å²) >= 11 is 0. The van der Waals surface area contributed by atoms with E-state index in [1.165, 1.54) is 0 Å². The first kappa shape index (κ1) is 18.9. The summed E-state index contributed by atoms with van der Waals surface area (Å²) in [6.07, 6.45) is 0.866. The zero-order valence-corrected chi connectivity index (χ0v) is 15.8. The predicted octanol–water partition coefficient (Wildman–Crippen LogP) is 4.60. The van der Waals surface area contributed by atoms with Crippen molar-refractivity contribution in [3.05, 3.63) is 59.3 Å². The van der Waals surface area contributed by atoms with Crippen LogP contribution in [0.1, 0.15) is 61.3 Å². The van der Waals surface area contributed by atoms with Gasteiger partial charge in [-0.25, -0.2) is 9.50 Å². The first-order valence-corrected chi connectivity index (χ1v) is 9.43. The maximum absolute atomic E-state index is 13.6. The van der Waals surface area contributed by atoms with Gasteiger partial charge in [-0.15, -0.1) is 0 Å². The normalized spacial score (nSPS) is 18.4. The summed E-state index contributed by atoms with van der Waals surface area (Å²) in [6.45, 7) is 5.28. The van der Waals surface area contributed by atoms with E-state index in [0.29, 0.717) is 11.4 Å². The summed E-state index contributed by atoms with van der Waals surface area (Å²) in [4.78, 5) is 10.7. The minimum Gasteiger partial charge on any atom is -0.290 e. The van der Waals surface area contributed by atoms with Crippen LogP contribution in [0.4, 0.5) is 13.2 Å². The number of pyridine rings is 1. The molecule has 3 aromatic rings. The average Bonchev–Trinajstić information content (AvgIpc) is 3.26. The van der Waals surface area contributed by atoms with Gasteiger partial charge in [0, 0.05) is 30.7 Å². The molecular formula is C20H22F3N5. The molecule has 5 nitrogen and oxygen atoms in total. The van der Waals surface area contributed by atoms with E-state index in [0.717, 1.165) is 42.1 Å². The van der Waals surface area contributed by atoms with E-state index in [1.54, 1.807) is 18.5 Å². The molecular weight excluding hydrogens is 367 g/mol. The fourth-order valence-corrected chi connectivity index (χ4v) is 3.75. The van der Waals surface area contributed by atoms with Gasteiger partial charge in [0.1, 0.15) is 5.69 Å². The van der Waals surface area contributed by atoms with Gasteiger partial charge in [-0.2, -0.15) is 18.3 Å². The molecule has 0 aliphatic carbocycles. The lowest BCUT2D eigenvalue weighted by Crippen LogP contribution is -2.23. The Morgan fingerprint density at radius 2 is 1.93 bits per heavy atom. The maximum atomic E-state index is 13.6. The van der Waals surface area contributed by atoms with Crippen molar-refractivity contribution in [2.75, 3.05) is 6.54 Å². The van der Waals surface area contributed by atoms with Crippen molar-refractivity contribution in [2.24, 2.45) is 0 Å². The van der Waals surface area contributed by atoms with Crippen LogP contribution < -0.4 is 0 Å². The number of halogens is 3. The Kier molecular flexibility index (Phi) is 4.82. The molecule has 0 spiro atoms. The number of alkyl halides is 3. The molecule has 0 radical (unpaired) electrons. The van der Waals surface area contributed by atoms with Crippen molar-refractivity contribution in [3.63, 3.8) is 0 Å². The van der Waals surface area contributed by atoms with E-state index in [-0.39, 0.29) is 17.6 Å². The summed E-state index contributed by atoms with van der Waals surface area (Å²) in [5.74, 6) is -0.0980. The van der Waals surface area contributed by atoms with E-state index in [9.17, 15) is 13.2 Å². The van der Waals surface area contributed by atoms with Crippen LogP contribution in [-0.2, 0) is 12.7 Å². The molecule has 1 unspecified atom stereocenters. The number of rotatable bonds is 4. The van der Waals surface area contributed by atoms with Crippen LogP contribution in [0.2, 0.25) is 0 Å². The molecule has 1 atom stereocenters. The molecule has 1 aliphatic rings. The lowest BCUT2D eigenvalue weighted by atomic mass is 10.1.